The molecule has 0 aromatic carbocycles. The SMILES string of the molecule is CC1CC(C)(C)c2cc(=O)[nH]nc21. The van der Waals surface area contributed by atoms with Gasteiger partial charge in [0, 0.05) is 12.0 Å². The van der Waals surface area contributed by atoms with Crippen molar-refractivity contribution in [2.45, 2.75) is 38.5 Å². The lowest BCUT2D eigenvalue weighted by Gasteiger charge is -2.17. The van der Waals surface area contributed by atoms with Gasteiger partial charge in [0.2, 0.25) is 0 Å². The van der Waals surface area contributed by atoms with Crippen molar-refractivity contribution >= 4 is 0 Å². The minimum Gasteiger partial charge on any atom is -0.268 e. The topological polar surface area (TPSA) is 45.8 Å². The molecule has 1 heterocycles. The van der Waals surface area contributed by atoms with E-state index in [1.807, 2.05) is 0 Å². The number of aromatic nitrogens is 2. The van der Waals surface area contributed by atoms with Crippen LogP contribution in [0.4, 0.5) is 0 Å². The molecule has 0 bridgehead atoms. The first-order chi connectivity index (χ1) is 6.00. The highest BCUT2D eigenvalue weighted by atomic mass is 16.1. The molecule has 1 aliphatic carbocycles. The largest absolute Gasteiger partial charge is 0.268 e. The molecule has 0 amide bonds. The summed E-state index contributed by atoms with van der Waals surface area (Å²) >= 11 is 0. The van der Waals surface area contributed by atoms with E-state index in [0.717, 1.165) is 17.7 Å². The van der Waals surface area contributed by atoms with E-state index in [1.165, 1.54) is 0 Å². The average molecular weight is 178 g/mol. The summed E-state index contributed by atoms with van der Waals surface area (Å²) in [5.74, 6) is 0.460. The van der Waals surface area contributed by atoms with Gasteiger partial charge >= 0.3 is 0 Å². The lowest BCUT2D eigenvalue weighted by molar-refractivity contribution is 0.488. The number of nitrogens with zero attached hydrogens (tertiary/aromatic N) is 1. The molecule has 13 heavy (non-hydrogen) atoms. The Balaban J connectivity index is 2.66. The summed E-state index contributed by atoms with van der Waals surface area (Å²) in [5, 5.41) is 6.59. The van der Waals surface area contributed by atoms with Gasteiger partial charge in [0.1, 0.15) is 0 Å². The predicted octanol–water partition coefficient (Wildman–Crippen LogP) is 1.55. The molecule has 0 saturated heterocycles. The Morgan fingerprint density at radius 2 is 2.31 bits per heavy atom. The van der Waals surface area contributed by atoms with Crippen molar-refractivity contribution in [2.75, 3.05) is 0 Å². The third kappa shape index (κ3) is 1.19. The summed E-state index contributed by atoms with van der Waals surface area (Å²) in [6.45, 7) is 6.48. The second kappa shape index (κ2) is 2.44. The van der Waals surface area contributed by atoms with E-state index in [1.54, 1.807) is 6.07 Å². The van der Waals surface area contributed by atoms with Gasteiger partial charge in [-0.1, -0.05) is 20.8 Å². The van der Waals surface area contributed by atoms with Crippen LogP contribution in [0, 0.1) is 0 Å². The molecule has 2 rings (SSSR count). The third-order valence-corrected chi connectivity index (χ3v) is 2.85. The zero-order chi connectivity index (χ0) is 9.64. The smallest absolute Gasteiger partial charge is 0.264 e. The van der Waals surface area contributed by atoms with Crippen molar-refractivity contribution < 1.29 is 0 Å². The fourth-order valence-electron chi connectivity index (χ4n) is 2.30. The van der Waals surface area contributed by atoms with Gasteiger partial charge in [-0.05, 0) is 17.4 Å². The fraction of sp³-hybridized carbons (Fsp3) is 0.600. The van der Waals surface area contributed by atoms with Crippen LogP contribution in [-0.2, 0) is 5.41 Å². The lowest BCUT2D eigenvalue weighted by atomic mass is 9.87. The zero-order valence-corrected chi connectivity index (χ0v) is 8.22. The van der Waals surface area contributed by atoms with E-state index < -0.39 is 0 Å². The molecule has 1 N–H and O–H groups in total. The second-order valence-corrected chi connectivity index (χ2v) is 4.52. The highest BCUT2D eigenvalue weighted by Crippen LogP contribution is 2.43. The van der Waals surface area contributed by atoms with E-state index in [-0.39, 0.29) is 11.0 Å². The van der Waals surface area contributed by atoms with Crippen LogP contribution in [-0.4, -0.2) is 10.2 Å². The van der Waals surface area contributed by atoms with Gasteiger partial charge in [-0.3, -0.25) is 4.79 Å². The van der Waals surface area contributed by atoms with E-state index in [4.69, 9.17) is 0 Å². The number of aromatic amines is 1. The first-order valence-electron chi connectivity index (χ1n) is 4.61. The van der Waals surface area contributed by atoms with Crippen molar-refractivity contribution in [3.05, 3.63) is 27.7 Å². The van der Waals surface area contributed by atoms with Crippen LogP contribution in [0.2, 0.25) is 0 Å². The lowest BCUT2D eigenvalue weighted by Crippen LogP contribution is -2.17. The monoisotopic (exact) mass is 178 g/mol. The van der Waals surface area contributed by atoms with Gasteiger partial charge in [0.15, 0.2) is 0 Å². The second-order valence-electron chi connectivity index (χ2n) is 4.52. The quantitative estimate of drug-likeness (QED) is 0.655. The molecule has 1 aromatic rings. The summed E-state index contributed by atoms with van der Waals surface area (Å²) in [5.41, 5.74) is 2.19. The van der Waals surface area contributed by atoms with Crippen molar-refractivity contribution in [3.8, 4) is 0 Å². The molecule has 0 saturated carbocycles. The maximum atomic E-state index is 11.1. The summed E-state index contributed by atoms with van der Waals surface area (Å²) in [6, 6.07) is 1.69. The molecule has 0 fully saturated rings. The number of nitrogens with one attached hydrogen (secondary N) is 1. The Hall–Kier alpha value is -1.12. The van der Waals surface area contributed by atoms with Crippen molar-refractivity contribution in [1.29, 1.82) is 0 Å². The van der Waals surface area contributed by atoms with Crippen LogP contribution in [0.15, 0.2) is 10.9 Å². The number of fused-ring (bicyclic) bond motifs is 1. The first kappa shape index (κ1) is 8.48. The van der Waals surface area contributed by atoms with Crippen LogP contribution in [0.1, 0.15) is 44.4 Å². The standard InChI is InChI=1S/C10H14N2O/c1-6-5-10(2,3)7-4-8(13)11-12-9(6)7/h4,6H,5H2,1-3H3,(H,11,13). The Labute approximate surface area is 77.2 Å². The molecular weight excluding hydrogens is 164 g/mol. The summed E-state index contributed by atoms with van der Waals surface area (Å²) in [6.07, 6.45) is 1.08. The zero-order valence-electron chi connectivity index (χ0n) is 8.22. The molecule has 1 aromatic heterocycles. The van der Waals surface area contributed by atoms with Gasteiger partial charge in [0.05, 0.1) is 5.69 Å². The van der Waals surface area contributed by atoms with Crippen molar-refractivity contribution in [2.24, 2.45) is 0 Å². The Morgan fingerprint density at radius 3 is 3.00 bits per heavy atom. The van der Waals surface area contributed by atoms with E-state index >= 15 is 0 Å². The molecule has 1 atom stereocenters. The number of hydrogen-bond acceptors (Lipinski definition) is 2. The molecular formula is C10H14N2O. The van der Waals surface area contributed by atoms with Gasteiger partial charge in [-0.25, -0.2) is 5.10 Å². The van der Waals surface area contributed by atoms with Crippen molar-refractivity contribution in [3.63, 3.8) is 0 Å². The van der Waals surface area contributed by atoms with E-state index in [9.17, 15) is 4.79 Å². The fourth-order valence-corrected chi connectivity index (χ4v) is 2.30. The molecule has 0 radical (unpaired) electrons. The van der Waals surface area contributed by atoms with Gasteiger partial charge < -0.3 is 0 Å². The summed E-state index contributed by atoms with van der Waals surface area (Å²) in [4.78, 5) is 11.1. The molecule has 70 valence electrons. The minimum atomic E-state index is -0.0964. The van der Waals surface area contributed by atoms with E-state index in [0.29, 0.717) is 5.92 Å². The summed E-state index contributed by atoms with van der Waals surface area (Å²) < 4.78 is 0. The molecule has 3 heteroatoms. The van der Waals surface area contributed by atoms with Crippen LogP contribution in [0.5, 0.6) is 0 Å². The van der Waals surface area contributed by atoms with Gasteiger partial charge in [-0.15, -0.1) is 0 Å². The third-order valence-electron chi connectivity index (χ3n) is 2.85. The van der Waals surface area contributed by atoms with Gasteiger partial charge in [0.25, 0.3) is 5.56 Å². The summed E-state index contributed by atoms with van der Waals surface area (Å²) in [7, 11) is 0. The highest BCUT2D eigenvalue weighted by molar-refractivity contribution is 5.34. The van der Waals surface area contributed by atoms with Crippen LogP contribution in [0.25, 0.3) is 0 Å². The maximum absolute atomic E-state index is 11.1. The molecule has 1 unspecified atom stereocenters. The average Bonchev–Trinajstić information content (AvgIpc) is 2.23. The molecule has 0 spiro atoms. The predicted molar refractivity (Wildman–Crippen MR) is 50.9 cm³/mol. The number of rotatable bonds is 0. The van der Waals surface area contributed by atoms with Crippen LogP contribution < -0.4 is 5.56 Å². The first-order valence-corrected chi connectivity index (χ1v) is 4.61. The van der Waals surface area contributed by atoms with Crippen LogP contribution >= 0.6 is 0 Å². The highest BCUT2D eigenvalue weighted by Gasteiger charge is 2.36. The Morgan fingerprint density at radius 1 is 1.62 bits per heavy atom. The van der Waals surface area contributed by atoms with Crippen molar-refractivity contribution in [1.82, 2.24) is 10.2 Å². The minimum absolute atomic E-state index is 0.0964. The number of hydrogen-bond donors (Lipinski definition) is 1. The molecule has 1 aliphatic rings. The molecule has 3 nitrogen and oxygen atoms in total. The number of H-pyrrole nitrogens is 1. The van der Waals surface area contributed by atoms with Crippen LogP contribution in [0.3, 0.4) is 0 Å². The Kier molecular flexibility index (Phi) is 1.59. The maximum Gasteiger partial charge on any atom is 0.264 e. The van der Waals surface area contributed by atoms with E-state index in [2.05, 4.69) is 31.0 Å². The molecule has 0 aliphatic heterocycles. The Bertz CT molecular complexity index is 392. The van der Waals surface area contributed by atoms with Gasteiger partial charge in [-0.2, -0.15) is 5.10 Å². The normalized spacial score (nSPS) is 24.4.